The maximum atomic E-state index is 5.47. The first-order valence-electron chi connectivity index (χ1n) is 9.72. The number of rotatable bonds is 5. The maximum Gasteiger partial charge on any atom is 0.227 e. The molecule has 1 aliphatic heterocycles. The Hall–Kier alpha value is -2.82. The Morgan fingerprint density at radius 2 is 1.67 bits per heavy atom. The third-order valence-electron chi connectivity index (χ3n) is 5.12. The van der Waals surface area contributed by atoms with Crippen LogP contribution in [0.15, 0.2) is 48.5 Å². The van der Waals surface area contributed by atoms with Crippen LogP contribution < -0.4 is 15.0 Å². The van der Waals surface area contributed by atoms with E-state index >= 15 is 0 Å². The average Bonchev–Trinajstić information content (AvgIpc) is 3.01. The Morgan fingerprint density at radius 1 is 0.926 bits per heavy atom. The van der Waals surface area contributed by atoms with E-state index in [1.165, 1.54) is 25.7 Å². The van der Waals surface area contributed by atoms with Crippen molar-refractivity contribution in [2.45, 2.75) is 32.2 Å². The molecule has 140 valence electrons. The normalized spacial score (nSPS) is 14.8. The molecule has 5 nitrogen and oxygen atoms in total. The van der Waals surface area contributed by atoms with E-state index in [2.05, 4.69) is 28.4 Å². The van der Waals surface area contributed by atoms with Gasteiger partial charge in [0.2, 0.25) is 5.95 Å². The van der Waals surface area contributed by atoms with E-state index in [1.807, 2.05) is 30.3 Å². The molecule has 0 amide bonds. The molecule has 0 radical (unpaired) electrons. The third-order valence-corrected chi connectivity index (χ3v) is 5.12. The van der Waals surface area contributed by atoms with Gasteiger partial charge in [-0.2, -0.15) is 4.98 Å². The fourth-order valence-corrected chi connectivity index (χ4v) is 3.64. The summed E-state index contributed by atoms with van der Waals surface area (Å²) in [6, 6.07) is 16.3. The fraction of sp³-hybridized carbons (Fsp3) is 0.364. The molecular formula is C22H26N4O. The van der Waals surface area contributed by atoms with Gasteiger partial charge in [0.15, 0.2) is 0 Å². The predicted octanol–water partition coefficient (Wildman–Crippen LogP) is 4.63. The van der Waals surface area contributed by atoms with Gasteiger partial charge in [-0.05, 0) is 31.0 Å². The van der Waals surface area contributed by atoms with E-state index in [0.717, 1.165) is 47.1 Å². The van der Waals surface area contributed by atoms with Crippen molar-refractivity contribution >= 4 is 22.7 Å². The molecule has 0 aliphatic carbocycles. The lowest BCUT2D eigenvalue weighted by Crippen LogP contribution is -2.26. The average molecular weight is 362 g/mol. The zero-order valence-electron chi connectivity index (χ0n) is 15.8. The van der Waals surface area contributed by atoms with Gasteiger partial charge in [-0.25, -0.2) is 4.98 Å². The van der Waals surface area contributed by atoms with Gasteiger partial charge in [0, 0.05) is 30.6 Å². The van der Waals surface area contributed by atoms with Crippen molar-refractivity contribution in [2.75, 3.05) is 30.4 Å². The lowest BCUT2D eigenvalue weighted by Gasteiger charge is -2.22. The Morgan fingerprint density at radius 3 is 2.48 bits per heavy atom. The van der Waals surface area contributed by atoms with Gasteiger partial charge in [-0.15, -0.1) is 0 Å². The van der Waals surface area contributed by atoms with Crippen molar-refractivity contribution in [1.82, 2.24) is 9.97 Å². The van der Waals surface area contributed by atoms with E-state index in [1.54, 1.807) is 7.11 Å². The molecule has 1 aromatic heterocycles. The number of benzene rings is 2. The number of aromatic nitrogens is 2. The van der Waals surface area contributed by atoms with Crippen LogP contribution in [0.4, 0.5) is 11.8 Å². The SMILES string of the molecule is COc1ccccc1CNc1nc(N2CCCCCC2)nc2ccccc12. The number of para-hydroxylation sites is 2. The van der Waals surface area contributed by atoms with Crippen molar-refractivity contribution < 1.29 is 4.74 Å². The smallest absolute Gasteiger partial charge is 0.227 e. The summed E-state index contributed by atoms with van der Waals surface area (Å²) in [5.41, 5.74) is 2.09. The highest BCUT2D eigenvalue weighted by atomic mass is 16.5. The van der Waals surface area contributed by atoms with Crippen LogP contribution in [0.25, 0.3) is 10.9 Å². The summed E-state index contributed by atoms with van der Waals surface area (Å²) in [7, 11) is 1.70. The number of ether oxygens (including phenoxy) is 1. The van der Waals surface area contributed by atoms with E-state index < -0.39 is 0 Å². The molecule has 1 fully saturated rings. The summed E-state index contributed by atoms with van der Waals surface area (Å²) in [6.07, 6.45) is 5.01. The Kier molecular flexibility index (Phi) is 5.37. The largest absolute Gasteiger partial charge is 0.496 e. The fourth-order valence-electron chi connectivity index (χ4n) is 3.64. The van der Waals surface area contributed by atoms with Crippen LogP contribution in [-0.4, -0.2) is 30.2 Å². The van der Waals surface area contributed by atoms with Gasteiger partial charge in [0.1, 0.15) is 11.6 Å². The van der Waals surface area contributed by atoms with Crippen LogP contribution >= 0.6 is 0 Å². The van der Waals surface area contributed by atoms with Crippen molar-refractivity contribution in [2.24, 2.45) is 0 Å². The van der Waals surface area contributed by atoms with Crippen molar-refractivity contribution in [3.8, 4) is 5.75 Å². The molecule has 2 heterocycles. The number of methoxy groups -OCH3 is 1. The first-order chi connectivity index (χ1) is 13.3. The lowest BCUT2D eigenvalue weighted by molar-refractivity contribution is 0.410. The zero-order chi connectivity index (χ0) is 18.5. The van der Waals surface area contributed by atoms with E-state index in [9.17, 15) is 0 Å². The van der Waals surface area contributed by atoms with E-state index in [4.69, 9.17) is 14.7 Å². The number of hydrogen-bond donors (Lipinski definition) is 1. The zero-order valence-corrected chi connectivity index (χ0v) is 15.8. The summed E-state index contributed by atoms with van der Waals surface area (Å²) in [5, 5.41) is 4.56. The highest BCUT2D eigenvalue weighted by Gasteiger charge is 2.15. The molecule has 0 spiro atoms. The molecule has 5 heteroatoms. The Balaban J connectivity index is 1.66. The molecule has 0 atom stereocenters. The van der Waals surface area contributed by atoms with Crippen LogP contribution in [0.1, 0.15) is 31.2 Å². The minimum Gasteiger partial charge on any atom is -0.496 e. The number of anilines is 2. The summed E-state index contributed by atoms with van der Waals surface area (Å²) >= 11 is 0. The number of nitrogens with zero attached hydrogens (tertiary/aromatic N) is 3. The second-order valence-corrected chi connectivity index (χ2v) is 6.96. The van der Waals surface area contributed by atoms with Crippen LogP contribution in [-0.2, 0) is 6.54 Å². The number of hydrogen-bond acceptors (Lipinski definition) is 5. The summed E-state index contributed by atoms with van der Waals surface area (Å²) < 4.78 is 5.47. The maximum absolute atomic E-state index is 5.47. The third kappa shape index (κ3) is 3.97. The molecule has 27 heavy (non-hydrogen) atoms. The molecule has 3 aromatic rings. The second-order valence-electron chi connectivity index (χ2n) is 6.96. The van der Waals surface area contributed by atoms with Gasteiger partial charge in [0.25, 0.3) is 0 Å². The van der Waals surface area contributed by atoms with E-state index in [-0.39, 0.29) is 0 Å². The van der Waals surface area contributed by atoms with Gasteiger partial charge in [-0.1, -0.05) is 43.2 Å². The topological polar surface area (TPSA) is 50.3 Å². The van der Waals surface area contributed by atoms with Crippen LogP contribution in [0.2, 0.25) is 0 Å². The number of nitrogens with one attached hydrogen (secondary N) is 1. The molecule has 1 N–H and O–H groups in total. The second kappa shape index (κ2) is 8.25. The Bertz CT molecular complexity index is 904. The van der Waals surface area contributed by atoms with Gasteiger partial charge in [-0.3, -0.25) is 0 Å². The number of fused-ring (bicyclic) bond motifs is 1. The van der Waals surface area contributed by atoms with Crippen molar-refractivity contribution in [1.29, 1.82) is 0 Å². The van der Waals surface area contributed by atoms with E-state index in [0.29, 0.717) is 6.54 Å². The molecule has 1 aliphatic rings. The highest BCUT2D eigenvalue weighted by Crippen LogP contribution is 2.26. The molecule has 1 saturated heterocycles. The monoisotopic (exact) mass is 362 g/mol. The highest BCUT2D eigenvalue weighted by molar-refractivity contribution is 5.90. The van der Waals surface area contributed by atoms with Gasteiger partial charge >= 0.3 is 0 Å². The lowest BCUT2D eigenvalue weighted by atomic mass is 10.2. The Labute approximate surface area is 160 Å². The molecule has 4 rings (SSSR count). The molecule has 2 aromatic carbocycles. The summed E-state index contributed by atoms with van der Waals surface area (Å²) in [6.45, 7) is 2.72. The van der Waals surface area contributed by atoms with Crippen molar-refractivity contribution in [3.05, 3.63) is 54.1 Å². The summed E-state index contributed by atoms with van der Waals surface area (Å²) in [4.78, 5) is 12.1. The van der Waals surface area contributed by atoms with Crippen LogP contribution in [0, 0.1) is 0 Å². The standard InChI is InChI=1S/C22H26N4O/c1-27-20-13-7-4-10-17(20)16-23-21-18-11-5-6-12-19(18)24-22(25-21)26-14-8-2-3-9-15-26/h4-7,10-13H,2-3,8-9,14-16H2,1H3,(H,23,24,25). The minimum absolute atomic E-state index is 0.657. The summed E-state index contributed by atoms with van der Waals surface area (Å²) in [5.74, 6) is 2.60. The van der Waals surface area contributed by atoms with Crippen molar-refractivity contribution in [3.63, 3.8) is 0 Å². The first kappa shape index (κ1) is 17.6. The van der Waals surface area contributed by atoms with Crippen LogP contribution in [0.5, 0.6) is 5.75 Å². The minimum atomic E-state index is 0.657. The first-order valence-corrected chi connectivity index (χ1v) is 9.72. The van der Waals surface area contributed by atoms with Crippen LogP contribution in [0.3, 0.4) is 0 Å². The predicted molar refractivity (Wildman–Crippen MR) is 111 cm³/mol. The molecule has 0 saturated carbocycles. The van der Waals surface area contributed by atoms with Gasteiger partial charge < -0.3 is 15.0 Å². The molecule has 0 bridgehead atoms. The van der Waals surface area contributed by atoms with Gasteiger partial charge in [0.05, 0.1) is 12.6 Å². The molecular weight excluding hydrogens is 336 g/mol. The quantitative estimate of drug-likeness (QED) is 0.717. The molecule has 0 unspecified atom stereocenters.